The van der Waals surface area contributed by atoms with Gasteiger partial charge >= 0.3 is 0 Å². The Morgan fingerprint density at radius 2 is 2.15 bits per heavy atom. The van der Waals surface area contributed by atoms with Crippen LogP contribution in [0.5, 0.6) is 0 Å². The molecule has 0 aromatic rings. The minimum Gasteiger partial charge on any atom is -0.330 e. The Morgan fingerprint density at radius 1 is 1.46 bits per heavy atom. The molecular weight excluding hydrogens is 160 g/mol. The highest BCUT2D eigenvalue weighted by atomic mass is 15.3. The summed E-state index contributed by atoms with van der Waals surface area (Å²) in [4.78, 5) is 2.69. The maximum absolute atomic E-state index is 5.77. The van der Waals surface area contributed by atoms with Crippen LogP contribution >= 0.6 is 0 Å². The lowest BCUT2D eigenvalue weighted by molar-refractivity contribution is 0.0785. The van der Waals surface area contributed by atoms with Gasteiger partial charge in [0.15, 0.2) is 0 Å². The van der Waals surface area contributed by atoms with E-state index in [0.29, 0.717) is 5.54 Å². The smallest absolute Gasteiger partial charge is 0.0153 e. The van der Waals surface area contributed by atoms with Crippen LogP contribution in [0.3, 0.4) is 0 Å². The van der Waals surface area contributed by atoms with Crippen LogP contribution in [-0.2, 0) is 0 Å². The summed E-state index contributed by atoms with van der Waals surface area (Å²) in [5, 5.41) is 0. The van der Waals surface area contributed by atoms with Gasteiger partial charge in [-0.3, -0.25) is 4.90 Å². The lowest BCUT2D eigenvalue weighted by atomic mass is 9.73. The fourth-order valence-corrected chi connectivity index (χ4v) is 2.98. The normalized spacial score (nSPS) is 39.2. The fourth-order valence-electron chi connectivity index (χ4n) is 2.98. The molecule has 2 aliphatic heterocycles. The molecule has 13 heavy (non-hydrogen) atoms. The fraction of sp³-hybridized carbons (Fsp3) is 1.00. The summed E-state index contributed by atoms with van der Waals surface area (Å²) in [5.41, 5.74) is 6.17. The van der Waals surface area contributed by atoms with Crippen molar-refractivity contribution in [1.29, 1.82) is 0 Å². The van der Waals surface area contributed by atoms with E-state index in [4.69, 9.17) is 5.73 Å². The summed E-state index contributed by atoms with van der Waals surface area (Å²) in [6.07, 6.45) is 2.65. The Bertz CT molecular complexity index is 200. The molecule has 2 nitrogen and oxygen atoms in total. The second kappa shape index (κ2) is 2.96. The monoisotopic (exact) mass is 182 g/mol. The summed E-state index contributed by atoms with van der Waals surface area (Å²) in [6, 6.07) is 0.810. The quantitative estimate of drug-likeness (QED) is 0.716. The predicted octanol–water partition coefficient (Wildman–Crippen LogP) is 1.45. The first-order valence-corrected chi connectivity index (χ1v) is 5.57. The Kier molecular flexibility index (Phi) is 2.16. The van der Waals surface area contributed by atoms with Gasteiger partial charge in [0.05, 0.1) is 0 Å². The van der Waals surface area contributed by atoms with Crippen LogP contribution in [-0.4, -0.2) is 29.6 Å². The average molecular weight is 182 g/mol. The van der Waals surface area contributed by atoms with E-state index in [1.807, 2.05) is 0 Å². The zero-order valence-electron chi connectivity index (χ0n) is 9.09. The standard InChI is InChI=1S/C11H22N2/c1-4-11(2,3)13-7-8-5-10(13)9(8)6-12/h8-10H,4-7,12H2,1-3H3. The van der Waals surface area contributed by atoms with E-state index in [1.54, 1.807) is 0 Å². The molecule has 3 unspecified atom stereocenters. The lowest BCUT2D eigenvalue weighted by Crippen LogP contribution is -2.49. The Labute approximate surface area is 81.5 Å². The summed E-state index contributed by atoms with van der Waals surface area (Å²) in [6.45, 7) is 9.20. The summed E-state index contributed by atoms with van der Waals surface area (Å²) < 4.78 is 0. The van der Waals surface area contributed by atoms with Crippen LogP contribution in [0.2, 0.25) is 0 Å². The molecule has 3 rings (SSSR count). The zero-order valence-corrected chi connectivity index (χ0v) is 9.09. The van der Waals surface area contributed by atoms with Crippen molar-refractivity contribution in [3.8, 4) is 0 Å². The van der Waals surface area contributed by atoms with Crippen molar-refractivity contribution in [2.45, 2.75) is 45.2 Å². The number of nitrogens with zero attached hydrogens (tertiary/aromatic N) is 1. The summed E-state index contributed by atoms with van der Waals surface area (Å²) >= 11 is 0. The molecule has 2 heterocycles. The lowest BCUT2D eigenvalue weighted by Gasteiger charge is -2.42. The van der Waals surface area contributed by atoms with E-state index in [9.17, 15) is 0 Å². The topological polar surface area (TPSA) is 29.3 Å². The van der Waals surface area contributed by atoms with Gasteiger partial charge < -0.3 is 5.73 Å². The first-order chi connectivity index (χ1) is 6.10. The summed E-state index contributed by atoms with van der Waals surface area (Å²) in [7, 11) is 0. The minimum atomic E-state index is 0.392. The first-order valence-electron chi connectivity index (χ1n) is 5.57. The molecular formula is C11H22N2. The molecule has 1 saturated carbocycles. The molecule has 0 radical (unpaired) electrons. The molecule has 2 bridgehead atoms. The number of hydrogen-bond acceptors (Lipinski definition) is 2. The van der Waals surface area contributed by atoms with Crippen molar-refractivity contribution >= 4 is 0 Å². The summed E-state index contributed by atoms with van der Waals surface area (Å²) in [5.74, 6) is 1.73. The highest BCUT2D eigenvalue weighted by Crippen LogP contribution is 2.49. The van der Waals surface area contributed by atoms with Crippen molar-refractivity contribution in [2.24, 2.45) is 17.6 Å². The Morgan fingerprint density at radius 3 is 2.62 bits per heavy atom. The molecule has 76 valence electrons. The molecule has 2 saturated heterocycles. The third kappa shape index (κ3) is 1.23. The zero-order chi connectivity index (χ0) is 9.64. The van der Waals surface area contributed by atoms with Crippen molar-refractivity contribution in [3.63, 3.8) is 0 Å². The number of fused-ring (bicyclic) bond motifs is 1. The predicted molar refractivity (Wildman–Crippen MR) is 55.5 cm³/mol. The van der Waals surface area contributed by atoms with Gasteiger partial charge in [0, 0.05) is 18.1 Å². The van der Waals surface area contributed by atoms with Gasteiger partial charge in [-0.2, -0.15) is 0 Å². The number of rotatable bonds is 3. The third-order valence-corrected chi connectivity index (χ3v) is 4.39. The van der Waals surface area contributed by atoms with Gasteiger partial charge in [-0.15, -0.1) is 0 Å². The maximum Gasteiger partial charge on any atom is 0.0153 e. The van der Waals surface area contributed by atoms with E-state index >= 15 is 0 Å². The first kappa shape index (κ1) is 9.47. The van der Waals surface area contributed by atoms with Crippen LogP contribution in [0.4, 0.5) is 0 Å². The highest BCUT2D eigenvalue weighted by molar-refractivity contribution is 5.08. The Balaban J connectivity index is 2.05. The van der Waals surface area contributed by atoms with E-state index in [2.05, 4.69) is 25.7 Å². The van der Waals surface area contributed by atoms with Crippen LogP contribution in [0.25, 0.3) is 0 Å². The SMILES string of the molecule is CCC(C)(C)N1CC2CC1C2CN. The van der Waals surface area contributed by atoms with Crippen LogP contribution in [0, 0.1) is 11.8 Å². The van der Waals surface area contributed by atoms with Gasteiger partial charge in [-0.1, -0.05) is 6.92 Å². The van der Waals surface area contributed by atoms with Crippen molar-refractivity contribution < 1.29 is 0 Å². The Hall–Kier alpha value is -0.0800. The van der Waals surface area contributed by atoms with Gasteiger partial charge in [0.1, 0.15) is 0 Å². The molecule has 3 aliphatic rings. The largest absolute Gasteiger partial charge is 0.330 e. The molecule has 0 aromatic carbocycles. The molecule has 0 aromatic heterocycles. The molecule has 2 heteroatoms. The molecule has 3 atom stereocenters. The van der Waals surface area contributed by atoms with Gasteiger partial charge in [-0.25, -0.2) is 0 Å². The third-order valence-electron chi connectivity index (χ3n) is 4.39. The molecule has 0 amide bonds. The van der Waals surface area contributed by atoms with E-state index < -0.39 is 0 Å². The minimum absolute atomic E-state index is 0.392. The number of hydrogen-bond donors (Lipinski definition) is 1. The van der Waals surface area contributed by atoms with Crippen LogP contribution in [0.1, 0.15) is 33.6 Å². The van der Waals surface area contributed by atoms with Crippen molar-refractivity contribution in [2.75, 3.05) is 13.1 Å². The van der Waals surface area contributed by atoms with Crippen LogP contribution in [0.15, 0.2) is 0 Å². The molecule has 2 N–H and O–H groups in total. The van der Waals surface area contributed by atoms with Gasteiger partial charge in [0.25, 0.3) is 0 Å². The molecule has 0 spiro atoms. The van der Waals surface area contributed by atoms with E-state index in [0.717, 1.165) is 24.4 Å². The van der Waals surface area contributed by atoms with Crippen LogP contribution < -0.4 is 5.73 Å². The maximum atomic E-state index is 5.77. The number of nitrogens with two attached hydrogens (primary N) is 1. The molecule has 3 fully saturated rings. The molecule has 1 aliphatic carbocycles. The van der Waals surface area contributed by atoms with Crippen molar-refractivity contribution in [1.82, 2.24) is 4.90 Å². The second-order valence-corrected chi connectivity index (χ2v) is 5.28. The second-order valence-electron chi connectivity index (χ2n) is 5.28. The average Bonchev–Trinajstić information content (AvgIpc) is 2.61. The van der Waals surface area contributed by atoms with E-state index in [1.165, 1.54) is 19.4 Å². The van der Waals surface area contributed by atoms with Gasteiger partial charge in [0.2, 0.25) is 0 Å². The van der Waals surface area contributed by atoms with Gasteiger partial charge in [-0.05, 0) is 45.1 Å². The van der Waals surface area contributed by atoms with E-state index in [-0.39, 0.29) is 0 Å². The van der Waals surface area contributed by atoms with Crippen molar-refractivity contribution in [3.05, 3.63) is 0 Å². The highest BCUT2D eigenvalue weighted by Gasteiger charge is 2.54.